The number of aldehydes is 1. The Morgan fingerprint density at radius 2 is 1.42 bits per heavy atom. The SMILES string of the molecule is C.O=C(Cl)COc1ccc2oc(=O)ccc2c1.[2H]C.[2H]C(=O)COc1ccc2oc(=O)ccc2c1.[2H][2H].[2H][2H].[2H][2H].[2H][2H].[2H][2H]. The molecule has 0 aliphatic rings. The van der Waals surface area contributed by atoms with Crippen molar-refractivity contribution in [3.05, 3.63) is 81.5 Å². The van der Waals surface area contributed by atoms with Crippen LogP contribution in [0.5, 0.6) is 11.5 Å². The van der Waals surface area contributed by atoms with Gasteiger partial charge < -0.3 is 18.3 Å². The molecular formula is C24H33ClO8. The number of benzene rings is 2. The molecular weight excluding hydrogens is 452 g/mol. The van der Waals surface area contributed by atoms with Crippen LogP contribution in [0.25, 0.3) is 21.9 Å². The highest BCUT2D eigenvalue weighted by atomic mass is 35.5. The van der Waals surface area contributed by atoms with Gasteiger partial charge in [0, 0.05) is 39.1 Å². The van der Waals surface area contributed by atoms with Crippen LogP contribution >= 0.6 is 11.6 Å². The molecule has 0 amide bonds. The number of halogens is 1. The highest BCUT2D eigenvalue weighted by Crippen LogP contribution is 2.20. The van der Waals surface area contributed by atoms with Crippen LogP contribution in [0.1, 0.15) is 32.4 Å². The second kappa shape index (κ2) is 12.8. The largest absolute Gasteiger partial charge is 0.486 e. The predicted octanol–water partition coefficient (Wildman–Crippen LogP) is 5.81. The summed E-state index contributed by atoms with van der Waals surface area (Å²) in [6.07, 6.45) is -0.792. The first kappa shape index (κ1) is 17.6. The van der Waals surface area contributed by atoms with Gasteiger partial charge in [-0.15, -0.1) is 0 Å². The molecule has 184 valence electrons. The lowest BCUT2D eigenvalue weighted by Crippen LogP contribution is -2.04. The van der Waals surface area contributed by atoms with Gasteiger partial charge in [-0.05, 0) is 60.1 Å². The van der Waals surface area contributed by atoms with E-state index in [9.17, 15) is 19.2 Å². The maximum Gasteiger partial charge on any atom is 0.336 e. The Bertz CT molecular complexity index is 1320. The van der Waals surface area contributed by atoms with Crippen molar-refractivity contribution >= 4 is 45.0 Å². The van der Waals surface area contributed by atoms with Crippen LogP contribution in [0.15, 0.2) is 79.1 Å². The zero-order chi connectivity index (χ0) is 35.1. The van der Waals surface area contributed by atoms with Gasteiger partial charge in [-0.2, -0.15) is 0 Å². The average molecular weight is 497 g/mol. The van der Waals surface area contributed by atoms with E-state index in [-0.39, 0.29) is 20.6 Å². The van der Waals surface area contributed by atoms with E-state index in [0.717, 1.165) is 5.39 Å². The van der Waals surface area contributed by atoms with E-state index < -0.39 is 22.8 Å². The third kappa shape index (κ3) is 7.93. The zero-order valence-corrected chi connectivity index (χ0v) is 17.6. The summed E-state index contributed by atoms with van der Waals surface area (Å²) in [6, 6.07) is 15.5. The molecule has 0 saturated carbocycles. The molecule has 4 aromatic rings. The molecule has 2 aromatic carbocycles. The van der Waals surface area contributed by atoms with Gasteiger partial charge in [0.2, 0.25) is 0 Å². The van der Waals surface area contributed by atoms with Crippen LogP contribution < -0.4 is 20.7 Å². The Hall–Kier alpha value is -3.91. The monoisotopic (exact) mass is 496 g/mol. The average Bonchev–Trinajstić information content (AvgIpc) is 3.08. The van der Waals surface area contributed by atoms with Gasteiger partial charge in [-0.1, -0.05) is 14.8 Å². The van der Waals surface area contributed by atoms with Crippen molar-refractivity contribution in [1.82, 2.24) is 0 Å². The Morgan fingerprint density at radius 3 is 1.88 bits per heavy atom. The first-order valence-electron chi connectivity index (χ1n) is 15.3. The lowest BCUT2D eigenvalue weighted by Gasteiger charge is -2.03. The summed E-state index contributed by atoms with van der Waals surface area (Å²) in [5.41, 5.74) is 0.105. The summed E-state index contributed by atoms with van der Waals surface area (Å²) in [5.74, 6) is 0.956. The highest BCUT2D eigenvalue weighted by molar-refractivity contribution is 6.63. The number of fused-ring (bicyclic) bond motifs is 2. The van der Waals surface area contributed by atoms with Gasteiger partial charge in [-0.25, -0.2) is 9.59 Å². The molecule has 2 aromatic heterocycles. The summed E-state index contributed by atoms with van der Waals surface area (Å²) < 4.78 is 82.5. The van der Waals surface area contributed by atoms with E-state index in [1.165, 1.54) is 19.5 Å². The Kier molecular flexibility index (Phi) is 6.85. The van der Waals surface area contributed by atoms with Gasteiger partial charge in [0.1, 0.15) is 30.6 Å². The summed E-state index contributed by atoms with van der Waals surface area (Å²) in [6.45, 7) is -0.480. The fourth-order valence-electron chi connectivity index (χ4n) is 2.53. The van der Waals surface area contributed by atoms with E-state index in [4.69, 9.17) is 47.5 Å². The van der Waals surface area contributed by atoms with E-state index in [0.29, 0.717) is 28.1 Å². The maximum absolute atomic E-state index is 10.9. The van der Waals surface area contributed by atoms with Crippen LogP contribution in [0, 0.1) is 0 Å². The van der Waals surface area contributed by atoms with Gasteiger partial charge in [0.25, 0.3) is 5.24 Å². The Labute approximate surface area is 212 Å². The molecule has 9 heteroatoms. The number of hydrogen-bond acceptors (Lipinski definition) is 8. The van der Waals surface area contributed by atoms with Crippen LogP contribution in [-0.4, -0.2) is 24.7 Å². The number of ether oxygens (including phenoxy) is 2. The summed E-state index contributed by atoms with van der Waals surface area (Å²) in [4.78, 5) is 42.8. The van der Waals surface area contributed by atoms with E-state index in [1.807, 2.05) is 0 Å². The second-order valence-corrected chi connectivity index (χ2v) is 6.41. The second-order valence-electron chi connectivity index (χ2n) is 5.98. The minimum absolute atomic E-state index is 0. The predicted molar refractivity (Wildman–Crippen MR) is 137 cm³/mol. The number of rotatable bonds is 6. The summed E-state index contributed by atoms with van der Waals surface area (Å²) in [7, 11) is 1.25. The van der Waals surface area contributed by atoms with E-state index in [2.05, 4.69) is 0 Å². The first-order valence-corrected chi connectivity index (χ1v) is 9.19. The third-order valence-corrected chi connectivity index (χ3v) is 3.94. The molecule has 0 aliphatic carbocycles. The third-order valence-electron chi connectivity index (χ3n) is 3.83. The fourth-order valence-corrected chi connectivity index (χ4v) is 2.59. The number of hydrogen-bond donors (Lipinski definition) is 0. The zero-order valence-electron chi connectivity index (χ0n) is 28.8. The Morgan fingerprint density at radius 1 is 0.939 bits per heavy atom. The van der Waals surface area contributed by atoms with Crippen LogP contribution in [0.3, 0.4) is 0 Å². The quantitative estimate of drug-likeness (QED) is 0.186. The molecule has 8 nitrogen and oxygen atoms in total. The molecule has 0 saturated heterocycles. The molecule has 0 unspecified atom stereocenters. The molecule has 33 heavy (non-hydrogen) atoms. The van der Waals surface area contributed by atoms with Crippen molar-refractivity contribution in [2.75, 3.05) is 13.2 Å². The van der Waals surface area contributed by atoms with Crippen LogP contribution in [0.2, 0.25) is 0 Å². The molecule has 2 heterocycles. The van der Waals surface area contributed by atoms with Gasteiger partial charge >= 0.3 is 11.3 Å². The fraction of sp³-hybridized carbons (Fsp3) is 0.167. The van der Waals surface area contributed by atoms with E-state index in [1.54, 1.807) is 48.5 Å². The minimum atomic E-state index is -0.792. The van der Waals surface area contributed by atoms with Crippen molar-refractivity contribution in [1.29, 1.82) is 0 Å². The molecule has 0 atom stereocenters. The molecule has 0 fully saturated rings. The molecule has 0 aliphatic heterocycles. The van der Waals surface area contributed by atoms with Gasteiger partial charge in [0.15, 0.2) is 12.9 Å². The number of carbonyl (C=O) groups is 2. The molecule has 0 N–H and O–H groups in total. The van der Waals surface area contributed by atoms with Crippen molar-refractivity contribution in [3.8, 4) is 11.5 Å². The first-order chi connectivity index (χ1) is 21.3. The Balaban J connectivity index is -0.000000175. The lowest BCUT2D eigenvalue weighted by atomic mass is 10.2. The van der Waals surface area contributed by atoms with Crippen molar-refractivity contribution in [2.24, 2.45) is 0 Å². The molecule has 4 rings (SSSR count). The van der Waals surface area contributed by atoms with Crippen molar-refractivity contribution in [2.45, 2.75) is 14.8 Å². The lowest BCUT2D eigenvalue weighted by molar-refractivity contribution is -0.113. The summed E-state index contributed by atoms with van der Waals surface area (Å²) in [5, 5.41) is 0.855. The molecule has 0 radical (unpaired) electrons. The van der Waals surface area contributed by atoms with Crippen molar-refractivity contribution < 1.29 is 45.5 Å². The van der Waals surface area contributed by atoms with E-state index >= 15 is 0 Å². The normalized spacial score (nSPS) is 11.5. The van der Waals surface area contributed by atoms with Gasteiger partial charge in [-0.3, -0.25) is 9.59 Å². The van der Waals surface area contributed by atoms with Gasteiger partial charge in [0.05, 0.1) is 0 Å². The standard InChI is InChI=1S/C11H7ClO4.C11H8O4.2CH4.5H2/c12-10(13)6-15-8-2-3-9-7(5-8)1-4-11(14)16-9;12-5-6-14-9-2-3-10-8(7-9)1-4-11(13)15-10;;;;;;;/h1-5H,6H2;1-5,7H,6H2;2*1H4;5*1H/i;5D;1D;;5*1+1D. The summed E-state index contributed by atoms with van der Waals surface area (Å²) >= 11 is 5.14. The minimum Gasteiger partial charge on any atom is -0.486 e. The topological polar surface area (TPSA) is 113 Å². The molecule has 0 spiro atoms. The van der Waals surface area contributed by atoms with Crippen LogP contribution in [0.4, 0.5) is 0 Å². The maximum atomic E-state index is 10.9. The number of carbonyl (C=O) groups excluding carboxylic acids is 2. The molecule has 0 bridgehead atoms. The highest BCUT2D eigenvalue weighted by Gasteiger charge is 2.02. The smallest absolute Gasteiger partial charge is 0.336 e. The van der Waals surface area contributed by atoms with Crippen molar-refractivity contribution in [3.63, 3.8) is 0 Å². The van der Waals surface area contributed by atoms with Crippen LogP contribution in [-0.2, 0) is 9.59 Å².